The summed E-state index contributed by atoms with van der Waals surface area (Å²) in [5, 5.41) is 0. The van der Waals surface area contributed by atoms with Crippen LogP contribution in [-0.2, 0) is 9.47 Å². The molecule has 0 aromatic heterocycles. The Bertz CT molecular complexity index is 319. The van der Waals surface area contributed by atoms with Gasteiger partial charge in [0.15, 0.2) is 5.76 Å². The summed E-state index contributed by atoms with van der Waals surface area (Å²) in [5.74, 6) is 1.87. The van der Waals surface area contributed by atoms with Crippen LogP contribution in [0.15, 0.2) is 35.5 Å². The Balaban J connectivity index is 2.46. The molecular formula is C11H14O2. The van der Waals surface area contributed by atoms with Crippen molar-refractivity contribution in [3.63, 3.8) is 0 Å². The number of methoxy groups -OCH3 is 1. The second-order valence-corrected chi connectivity index (χ2v) is 4.06. The minimum atomic E-state index is 0.0714. The molecular weight excluding hydrogens is 164 g/mol. The van der Waals surface area contributed by atoms with Crippen LogP contribution in [0.2, 0.25) is 0 Å². The van der Waals surface area contributed by atoms with E-state index in [4.69, 9.17) is 9.47 Å². The third kappa shape index (κ3) is 1.17. The third-order valence-electron chi connectivity index (χ3n) is 2.51. The summed E-state index contributed by atoms with van der Waals surface area (Å²) < 4.78 is 10.8. The maximum Gasteiger partial charge on any atom is 0.167 e. The number of fused-ring (bicyclic) bond motifs is 1. The van der Waals surface area contributed by atoms with Crippen molar-refractivity contribution in [2.24, 2.45) is 5.41 Å². The molecule has 0 radical (unpaired) electrons. The van der Waals surface area contributed by atoms with Crippen LogP contribution in [0.4, 0.5) is 0 Å². The smallest absolute Gasteiger partial charge is 0.167 e. The molecule has 1 aliphatic carbocycles. The molecule has 2 rings (SSSR count). The van der Waals surface area contributed by atoms with Crippen LogP contribution in [-0.4, -0.2) is 7.11 Å². The van der Waals surface area contributed by atoms with E-state index in [9.17, 15) is 0 Å². The van der Waals surface area contributed by atoms with Gasteiger partial charge in [0.1, 0.15) is 5.76 Å². The summed E-state index contributed by atoms with van der Waals surface area (Å²) in [4.78, 5) is 0. The number of hydrogen-bond acceptors (Lipinski definition) is 2. The van der Waals surface area contributed by atoms with Gasteiger partial charge in [-0.3, -0.25) is 0 Å². The maximum atomic E-state index is 5.45. The molecule has 2 nitrogen and oxygen atoms in total. The fourth-order valence-corrected chi connectivity index (χ4v) is 1.99. The monoisotopic (exact) mass is 178 g/mol. The predicted octanol–water partition coefficient (Wildman–Crippen LogP) is 2.74. The van der Waals surface area contributed by atoms with E-state index in [1.165, 1.54) is 5.57 Å². The lowest BCUT2D eigenvalue weighted by Gasteiger charge is -2.19. The minimum absolute atomic E-state index is 0.0714. The zero-order valence-electron chi connectivity index (χ0n) is 8.26. The standard InChI is InChI=1S/C11H14O2/c1-11(2)7-8-5-4-6-13-9(8)10(11)12-3/h4-6H,7H2,1-3H3. The summed E-state index contributed by atoms with van der Waals surface area (Å²) in [7, 11) is 1.70. The molecule has 0 fully saturated rings. The Morgan fingerprint density at radius 2 is 2.23 bits per heavy atom. The predicted molar refractivity (Wildman–Crippen MR) is 50.7 cm³/mol. The number of hydrogen-bond donors (Lipinski definition) is 0. The van der Waals surface area contributed by atoms with Gasteiger partial charge in [0.2, 0.25) is 0 Å². The molecule has 0 N–H and O–H groups in total. The van der Waals surface area contributed by atoms with E-state index in [1.54, 1.807) is 13.4 Å². The summed E-state index contributed by atoms with van der Waals surface area (Å²) >= 11 is 0. The van der Waals surface area contributed by atoms with Gasteiger partial charge in [0.25, 0.3) is 0 Å². The molecule has 13 heavy (non-hydrogen) atoms. The molecule has 0 aromatic rings. The molecule has 2 heteroatoms. The van der Waals surface area contributed by atoms with Crippen molar-refractivity contribution in [3.05, 3.63) is 35.5 Å². The van der Waals surface area contributed by atoms with Gasteiger partial charge in [-0.25, -0.2) is 0 Å². The van der Waals surface area contributed by atoms with E-state index >= 15 is 0 Å². The second kappa shape index (κ2) is 2.66. The van der Waals surface area contributed by atoms with Gasteiger partial charge in [-0.2, -0.15) is 0 Å². The van der Waals surface area contributed by atoms with Crippen LogP contribution in [0.25, 0.3) is 0 Å². The molecule has 2 aliphatic rings. The van der Waals surface area contributed by atoms with Crippen molar-refractivity contribution < 1.29 is 9.47 Å². The average molecular weight is 178 g/mol. The van der Waals surface area contributed by atoms with Gasteiger partial charge in [-0.05, 0) is 18.1 Å². The molecule has 1 heterocycles. The van der Waals surface area contributed by atoms with E-state index in [-0.39, 0.29) is 5.41 Å². The Morgan fingerprint density at radius 3 is 2.92 bits per heavy atom. The third-order valence-corrected chi connectivity index (χ3v) is 2.51. The zero-order chi connectivity index (χ0) is 9.47. The maximum absolute atomic E-state index is 5.45. The lowest BCUT2D eigenvalue weighted by Crippen LogP contribution is -2.11. The normalized spacial score (nSPS) is 23.8. The summed E-state index contributed by atoms with van der Waals surface area (Å²) in [5.41, 5.74) is 1.31. The molecule has 70 valence electrons. The van der Waals surface area contributed by atoms with E-state index in [2.05, 4.69) is 19.9 Å². The molecule has 0 amide bonds. The van der Waals surface area contributed by atoms with Crippen LogP contribution < -0.4 is 0 Å². The SMILES string of the molecule is COC1=C2OC=CC=C2CC1(C)C. The van der Waals surface area contributed by atoms with Gasteiger partial charge in [0.05, 0.1) is 13.4 Å². The van der Waals surface area contributed by atoms with Gasteiger partial charge < -0.3 is 9.47 Å². The van der Waals surface area contributed by atoms with Crippen LogP contribution in [0.3, 0.4) is 0 Å². The topological polar surface area (TPSA) is 18.5 Å². The highest BCUT2D eigenvalue weighted by atomic mass is 16.5. The van der Waals surface area contributed by atoms with Gasteiger partial charge >= 0.3 is 0 Å². The second-order valence-electron chi connectivity index (χ2n) is 4.06. The molecule has 0 unspecified atom stereocenters. The molecule has 0 atom stereocenters. The highest BCUT2D eigenvalue weighted by molar-refractivity contribution is 5.43. The van der Waals surface area contributed by atoms with Crippen molar-refractivity contribution in [1.82, 2.24) is 0 Å². The lowest BCUT2D eigenvalue weighted by atomic mass is 9.90. The zero-order valence-corrected chi connectivity index (χ0v) is 8.26. The lowest BCUT2D eigenvalue weighted by molar-refractivity contribution is 0.187. The van der Waals surface area contributed by atoms with Gasteiger partial charge in [-0.15, -0.1) is 0 Å². The fourth-order valence-electron chi connectivity index (χ4n) is 1.99. The van der Waals surface area contributed by atoms with Crippen molar-refractivity contribution in [2.75, 3.05) is 7.11 Å². The summed E-state index contributed by atoms with van der Waals surface area (Å²) in [6.45, 7) is 4.34. The van der Waals surface area contributed by atoms with E-state index in [1.807, 2.05) is 6.08 Å². The van der Waals surface area contributed by atoms with Crippen LogP contribution in [0.1, 0.15) is 20.3 Å². The first kappa shape index (κ1) is 8.42. The van der Waals surface area contributed by atoms with Gasteiger partial charge in [-0.1, -0.05) is 19.9 Å². The molecule has 0 aromatic carbocycles. The van der Waals surface area contributed by atoms with Crippen molar-refractivity contribution in [2.45, 2.75) is 20.3 Å². The quantitative estimate of drug-likeness (QED) is 0.614. The Hall–Kier alpha value is -1.18. The molecule has 0 saturated heterocycles. The van der Waals surface area contributed by atoms with E-state index in [0.717, 1.165) is 17.9 Å². The first-order valence-corrected chi connectivity index (χ1v) is 4.46. The van der Waals surface area contributed by atoms with Crippen LogP contribution in [0, 0.1) is 5.41 Å². The molecule has 1 aliphatic heterocycles. The Kier molecular flexibility index (Phi) is 1.72. The first-order chi connectivity index (χ1) is 6.15. The molecule has 0 bridgehead atoms. The summed E-state index contributed by atoms with van der Waals surface area (Å²) in [6, 6.07) is 0. The minimum Gasteiger partial charge on any atom is -0.497 e. The highest BCUT2D eigenvalue weighted by Gasteiger charge is 2.38. The molecule has 0 spiro atoms. The Morgan fingerprint density at radius 1 is 1.46 bits per heavy atom. The largest absolute Gasteiger partial charge is 0.497 e. The average Bonchev–Trinajstić information content (AvgIpc) is 2.33. The number of ether oxygens (including phenoxy) is 2. The number of allylic oxidation sites excluding steroid dienone is 4. The highest BCUT2D eigenvalue weighted by Crippen LogP contribution is 2.47. The van der Waals surface area contributed by atoms with Crippen molar-refractivity contribution in [1.29, 1.82) is 0 Å². The summed E-state index contributed by atoms with van der Waals surface area (Å²) in [6.07, 6.45) is 6.70. The Labute approximate surface area is 78.5 Å². The first-order valence-electron chi connectivity index (χ1n) is 4.46. The fraction of sp³-hybridized carbons (Fsp3) is 0.455. The van der Waals surface area contributed by atoms with Crippen molar-refractivity contribution in [3.8, 4) is 0 Å². The van der Waals surface area contributed by atoms with Gasteiger partial charge in [0, 0.05) is 5.41 Å². The van der Waals surface area contributed by atoms with E-state index < -0.39 is 0 Å². The van der Waals surface area contributed by atoms with Crippen LogP contribution >= 0.6 is 0 Å². The number of rotatable bonds is 1. The van der Waals surface area contributed by atoms with E-state index in [0.29, 0.717) is 0 Å². The molecule has 0 saturated carbocycles. The van der Waals surface area contributed by atoms with Crippen LogP contribution in [0.5, 0.6) is 0 Å². The van der Waals surface area contributed by atoms with Crippen molar-refractivity contribution >= 4 is 0 Å².